The molecule has 0 spiro atoms. The van der Waals surface area contributed by atoms with Crippen LogP contribution in [0.5, 0.6) is 5.75 Å². The van der Waals surface area contributed by atoms with Gasteiger partial charge in [-0.05, 0) is 30.3 Å². The van der Waals surface area contributed by atoms with E-state index >= 15 is 0 Å². The third kappa shape index (κ3) is 3.00. The van der Waals surface area contributed by atoms with Gasteiger partial charge in [-0.25, -0.2) is 17.2 Å². The molecule has 4 nitrogen and oxygen atoms in total. The molecule has 0 atom stereocenters. The van der Waals surface area contributed by atoms with Crippen LogP contribution in [0.1, 0.15) is 0 Å². The molecule has 2 N–H and O–H groups in total. The van der Waals surface area contributed by atoms with Gasteiger partial charge >= 0.3 is 0 Å². The SMILES string of the molecule is O=S(=O)(Nc1ccc(Cl)cc1O)c1cc(F)ccc1F. The summed E-state index contributed by atoms with van der Waals surface area (Å²) in [5, 5.41) is 9.74. The van der Waals surface area contributed by atoms with E-state index in [1.165, 1.54) is 12.1 Å². The molecule has 8 heteroatoms. The first-order chi connectivity index (χ1) is 9.29. The first-order valence-corrected chi connectivity index (χ1v) is 7.12. The van der Waals surface area contributed by atoms with Gasteiger partial charge in [-0.15, -0.1) is 0 Å². The zero-order chi connectivity index (χ0) is 14.9. The maximum Gasteiger partial charge on any atom is 0.265 e. The van der Waals surface area contributed by atoms with E-state index in [4.69, 9.17) is 11.6 Å². The summed E-state index contributed by atoms with van der Waals surface area (Å²) < 4.78 is 52.3. The normalized spacial score (nSPS) is 11.3. The molecule has 0 bridgehead atoms. The second-order valence-electron chi connectivity index (χ2n) is 3.84. The minimum atomic E-state index is -4.37. The number of rotatable bonds is 3. The Bertz CT molecular complexity index is 765. The molecule has 0 saturated carbocycles. The summed E-state index contributed by atoms with van der Waals surface area (Å²) in [5.74, 6) is -2.43. The van der Waals surface area contributed by atoms with Crippen LogP contribution in [0, 0.1) is 11.6 Å². The number of halogens is 3. The van der Waals surface area contributed by atoms with Crippen molar-refractivity contribution in [2.45, 2.75) is 4.90 Å². The predicted molar refractivity (Wildman–Crippen MR) is 70.3 cm³/mol. The van der Waals surface area contributed by atoms with E-state index in [-0.39, 0.29) is 10.7 Å². The van der Waals surface area contributed by atoms with Crippen LogP contribution in [0.15, 0.2) is 41.3 Å². The molecule has 0 aliphatic heterocycles. The largest absolute Gasteiger partial charge is 0.506 e. The van der Waals surface area contributed by atoms with Crippen molar-refractivity contribution in [2.24, 2.45) is 0 Å². The molecule has 0 saturated heterocycles. The van der Waals surface area contributed by atoms with Crippen molar-refractivity contribution >= 4 is 27.3 Å². The van der Waals surface area contributed by atoms with Crippen molar-refractivity contribution in [3.63, 3.8) is 0 Å². The van der Waals surface area contributed by atoms with E-state index in [1.54, 1.807) is 0 Å². The summed E-state index contributed by atoms with van der Waals surface area (Å²) in [6.45, 7) is 0. The van der Waals surface area contributed by atoms with Gasteiger partial charge in [0.1, 0.15) is 22.3 Å². The molecule has 2 aromatic carbocycles. The van der Waals surface area contributed by atoms with Crippen LogP contribution in [0.3, 0.4) is 0 Å². The molecule has 0 aliphatic rings. The topological polar surface area (TPSA) is 66.4 Å². The highest BCUT2D eigenvalue weighted by molar-refractivity contribution is 7.92. The van der Waals surface area contributed by atoms with Crippen LogP contribution in [0.25, 0.3) is 0 Å². The number of aromatic hydroxyl groups is 1. The molecule has 20 heavy (non-hydrogen) atoms. The quantitative estimate of drug-likeness (QED) is 0.854. The van der Waals surface area contributed by atoms with E-state index in [0.29, 0.717) is 12.1 Å². The lowest BCUT2D eigenvalue weighted by Gasteiger charge is -2.10. The second kappa shape index (κ2) is 5.26. The minimum Gasteiger partial charge on any atom is -0.506 e. The first-order valence-electron chi connectivity index (χ1n) is 5.26. The number of hydrogen-bond donors (Lipinski definition) is 2. The summed E-state index contributed by atoms with van der Waals surface area (Å²) in [6, 6.07) is 5.69. The summed E-state index contributed by atoms with van der Waals surface area (Å²) in [6.07, 6.45) is 0. The van der Waals surface area contributed by atoms with Crippen LogP contribution < -0.4 is 4.72 Å². The molecule has 0 fully saturated rings. The number of phenols is 1. The van der Waals surface area contributed by atoms with Crippen molar-refractivity contribution in [3.05, 3.63) is 53.1 Å². The highest BCUT2D eigenvalue weighted by atomic mass is 35.5. The van der Waals surface area contributed by atoms with Gasteiger partial charge in [0.15, 0.2) is 0 Å². The van der Waals surface area contributed by atoms with Gasteiger partial charge in [0.2, 0.25) is 0 Å². The molecule has 2 rings (SSSR count). The van der Waals surface area contributed by atoms with Crippen molar-refractivity contribution in [1.82, 2.24) is 0 Å². The molecule has 0 radical (unpaired) electrons. The monoisotopic (exact) mass is 319 g/mol. The number of nitrogens with one attached hydrogen (secondary N) is 1. The Kier molecular flexibility index (Phi) is 3.82. The van der Waals surface area contributed by atoms with Gasteiger partial charge in [-0.1, -0.05) is 11.6 Å². The fourth-order valence-corrected chi connectivity index (χ4v) is 2.80. The lowest BCUT2D eigenvalue weighted by Crippen LogP contribution is -2.15. The van der Waals surface area contributed by atoms with Crippen molar-refractivity contribution in [3.8, 4) is 5.75 Å². The highest BCUT2D eigenvalue weighted by Gasteiger charge is 2.21. The number of phenolic OH excluding ortho intramolecular Hbond substituents is 1. The maximum atomic E-state index is 13.5. The molecular formula is C12H8ClF2NO3S. The summed E-state index contributed by atoms with van der Waals surface area (Å²) in [7, 11) is -4.37. The van der Waals surface area contributed by atoms with Gasteiger partial charge in [0, 0.05) is 11.1 Å². The van der Waals surface area contributed by atoms with Crippen LogP contribution >= 0.6 is 11.6 Å². The van der Waals surface area contributed by atoms with Gasteiger partial charge in [-0.2, -0.15) is 0 Å². The van der Waals surface area contributed by atoms with Gasteiger partial charge in [0.05, 0.1) is 5.69 Å². The second-order valence-corrected chi connectivity index (χ2v) is 5.93. The van der Waals surface area contributed by atoms with Crippen LogP contribution in [0.2, 0.25) is 5.02 Å². The number of benzene rings is 2. The minimum absolute atomic E-state index is 0.196. The van der Waals surface area contributed by atoms with Gasteiger partial charge in [-0.3, -0.25) is 4.72 Å². The summed E-state index contributed by atoms with van der Waals surface area (Å²) in [5.41, 5.74) is -0.196. The van der Waals surface area contributed by atoms with Crippen molar-refractivity contribution in [1.29, 1.82) is 0 Å². The fraction of sp³-hybridized carbons (Fsp3) is 0. The Morgan fingerprint density at radius 1 is 1.10 bits per heavy atom. The average molecular weight is 320 g/mol. The molecule has 0 amide bonds. The third-order valence-corrected chi connectivity index (χ3v) is 4.00. The number of anilines is 1. The van der Waals surface area contributed by atoms with Crippen LogP contribution in [-0.2, 0) is 10.0 Å². The summed E-state index contributed by atoms with van der Waals surface area (Å²) >= 11 is 5.60. The Hall–Kier alpha value is -1.86. The molecular weight excluding hydrogens is 312 g/mol. The molecule has 0 aromatic heterocycles. The van der Waals surface area contributed by atoms with Gasteiger partial charge < -0.3 is 5.11 Å². The first kappa shape index (κ1) is 14.5. The molecule has 0 heterocycles. The molecule has 106 valence electrons. The maximum absolute atomic E-state index is 13.5. The Labute approximate surface area is 118 Å². The van der Waals surface area contributed by atoms with Crippen molar-refractivity contribution < 1.29 is 22.3 Å². The lowest BCUT2D eigenvalue weighted by molar-refractivity contribution is 0.477. The number of hydrogen-bond acceptors (Lipinski definition) is 3. The third-order valence-electron chi connectivity index (χ3n) is 2.39. The van der Waals surface area contributed by atoms with Crippen LogP contribution in [0.4, 0.5) is 14.5 Å². The Morgan fingerprint density at radius 2 is 1.80 bits per heavy atom. The van der Waals surface area contributed by atoms with E-state index < -0.39 is 32.3 Å². The standard InChI is InChI=1S/C12H8ClF2NO3S/c13-7-1-4-10(11(17)5-7)16-20(18,19)12-6-8(14)2-3-9(12)15/h1-6,16-17H. The molecule has 0 aliphatic carbocycles. The zero-order valence-electron chi connectivity index (χ0n) is 9.77. The smallest absolute Gasteiger partial charge is 0.265 e. The van der Waals surface area contributed by atoms with Gasteiger partial charge in [0.25, 0.3) is 10.0 Å². The molecule has 0 unspecified atom stereocenters. The fourth-order valence-electron chi connectivity index (χ4n) is 1.47. The summed E-state index contributed by atoms with van der Waals surface area (Å²) in [4.78, 5) is -0.855. The average Bonchev–Trinajstić information content (AvgIpc) is 2.35. The number of sulfonamides is 1. The van der Waals surface area contributed by atoms with E-state index in [9.17, 15) is 22.3 Å². The van der Waals surface area contributed by atoms with E-state index in [0.717, 1.165) is 12.1 Å². The Balaban J connectivity index is 2.43. The Morgan fingerprint density at radius 3 is 2.45 bits per heavy atom. The van der Waals surface area contributed by atoms with Crippen molar-refractivity contribution in [2.75, 3.05) is 4.72 Å². The zero-order valence-corrected chi connectivity index (χ0v) is 11.3. The highest BCUT2D eigenvalue weighted by Crippen LogP contribution is 2.29. The molecule has 2 aromatic rings. The van der Waals surface area contributed by atoms with Crippen LogP contribution in [-0.4, -0.2) is 13.5 Å². The van der Waals surface area contributed by atoms with E-state index in [1.807, 2.05) is 4.72 Å². The lowest BCUT2D eigenvalue weighted by atomic mass is 10.3. The van der Waals surface area contributed by atoms with E-state index in [2.05, 4.69) is 0 Å². The predicted octanol–water partition coefficient (Wildman–Crippen LogP) is 3.12.